The molecule has 1 aromatic carbocycles. The molecule has 0 aromatic heterocycles. The molecule has 2 N–H and O–H groups in total. The lowest BCUT2D eigenvalue weighted by Gasteiger charge is -2.36. The minimum absolute atomic E-state index is 0.190. The molecule has 0 aliphatic heterocycles. The lowest BCUT2D eigenvalue weighted by molar-refractivity contribution is -0.126. The predicted molar refractivity (Wildman–Crippen MR) is 55.9 cm³/mol. The monoisotopic (exact) mass is 189 g/mol. The molecule has 0 amide bonds. The van der Waals surface area contributed by atoms with Crippen molar-refractivity contribution in [1.82, 2.24) is 0 Å². The van der Waals surface area contributed by atoms with Gasteiger partial charge in [0, 0.05) is 6.42 Å². The molecule has 1 aliphatic rings. The smallest absolute Gasteiger partial charge is 0.156 e. The van der Waals surface area contributed by atoms with Crippen LogP contribution in [0.4, 0.5) is 0 Å². The molecule has 0 heterocycles. The molecule has 2 nitrogen and oxygen atoms in total. The molecule has 0 spiro atoms. The van der Waals surface area contributed by atoms with Crippen molar-refractivity contribution in [2.45, 2.75) is 31.2 Å². The van der Waals surface area contributed by atoms with Crippen LogP contribution in [0.25, 0.3) is 0 Å². The van der Waals surface area contributed by atoms with Crippen molar-refractivity contribution < 1.29 is 4.79 Å². The number of benzene rings is 1. The summed E-state index contributed by atoms with van der Waals surface area (Å²) >= 11 is 0. The maximum absolute atomic E-state index is 11.8. The highest BCUT2D eigenvalue weighted by Gasteiger charge is 2.39. The Balaban J connectivity index is 2.02. The summed E-state index contributed by atoms with van der Waals surface area (Å²) < 4.78 is 0. The molecule has 1 fully saturated rings. The van der Waals surface area contributed by atoms with Gasteiger partial charge in [0.2, 0.25) is 0 Å². The second-order valence-electron chi connectivity index (χ2n) is 4.10. The molecule has 2 heteroatoms. The van der Waals surface area contributed by atoms with Crippen LogP contribution in [-0.4, -0.2) is 11.3 Å². The van der Waals surface area contributed by atoms with Gasteiger partial charge in [-0.05, 0) is 24.8 Å². The number of hydrogen-bond acceptors (Lipinski definition) is 2. The summed E-state index contributed by atoms with van der Waals surface area (Å²) in [5.41, 5.74) is 6.50. The Morgan fingerprint density at radius 1 is 1.29 bits per heavy atom. The summed E-state index contributed by atoms with van der Waals surface area (Å²) in [6.45, 7) is 0. The van der Waals surface area contributed by atoms with Crippen LogP contribution in [0.1, 0.15) is 24.8 Å². The Labute approximate surface area is 84.1 Å². The van der Waals surface area contributed by atoms with Gasteiger partial charge in [0.15, 0.2) is 5.78 Å². The van der Waals surface area contributed by atoms with Crippen LogP contribution in [0, 0.1) is 0 Å². The Hall–Kier alpha value is -1.15. The van der Waals surface area contributed by atoms with Gasteiger partial charge in [0.25, 0.3) is 0 Å². The van der Waals surface area contributed by atoms with Gasteiger partial charge in [-0.3, -0.25) is 4.79 Å². The first kappa shape index (κ1) is 9.41. The SMILES string of the molecule is NC1(C(=O)Cc2ccccc2)CCC1. The quantitative estimate of drug-likeness (QED) is 0.786. The van der Waals surface area contributed by atoms with E-state index in [0.717, 1.165) is 24.8 Å². The molecular formula is C12H15NO. The third-order valence-electron chi connectivity index (χ3n) is 3.01. The lowest BCUT2D eigenvalue weighted by Crippen LogP contribution is -2.54. The third kappa shape index (κ3) is 1.70. The van der Waals surface area contributed by atoms with Crippen molar-refractivity contribution in [3.05, 3.63) is 35.9 Å². The summed E-state index contributed by atoms with van der Waals surface area (Å²) in [5, 5.41) is 0. The number of Topliss-reactive ketones (excluding diaryl/α,β-unsaturated/α-hetero) is 1. The molecular weight excluding hydrogens is 174 g/mol. The second kappa shape index (κ2) is 3.54. The Kier molecular flexibility index (Phi) is 2.38. The first-order chi connectivity index (χ1) is 6.71. The van der Waals surface area contributed by atoms with Gasteiger partial charge < -0.3 is 5.73 Å². The number of rotatable bonds is 3. The Bertz CT molecular complexity index is 327. The standard InChI is InChI=1S/C12H15NO/c13-12(7-4-8-12)11(14)9-10-5-2-1-3-6-10/h1-3,5-6H,4,7-9,13H2. The maximum atomic E-state index is 11.8. The molecule has 0 unspecified atom stereocenters. The molecule has 1 aromatic rings. The molecule has 0 bridgehead atoms. The highest BCUT2D eigenvalue weighted by atomic mass is 16.1. The lowest BCUT2D eigenvalue weighted by atomic mass is 9.73. The van der Waals surface area contributed by atoms with Crippen LogP contribution >= 0.6 is 0 Å². The van der Waals surface area contributed by atoms with Gasteiger partial charge in [0.1, 0.15) is 0 Å². The number of ketones is 1. The van der Waals surface area contributed by atoms with E-state index in [1.165, 1.54) is 0 Å². The van der Waals surface area contributed by atoms with E-state index in [0.29, 0.717) is 6.42 Å². The fourth-order valence-electron chi connectivity index (χ4n) is 1.79. The minimum atomic E-state index is -0.504. The van der Waals surface area contributed by atoms with Gasteiger partial charge in [-0.15, -0.1) is 0 Å². The zero-order valence-corrected chi connectivity index (χ0v) is 8.20. The number of carbonyl (C=O) groups excluding carboxylic acids is 1. The van der Waals surface area contributed by atoms with Crippen LogP contribution in [-0.2, 0) is 11.2 Å². The van der Waals surface area contributed by atoms with Crippen molar-refractivity contribution in [3.63, 3.8) is 0 Å². The molecule has 14 heavy (non-hydrogen) atoms. The molecule has 74 valence electrons. The molecule has 0 atom stereocenters. The first-order valence-electron chi connectivity index (χ1n) is 5.07. The number of carbonyl (C=O) groups is 1. The summed E-state index contributed by atoms with van der Waals surface area (Å²) in [6, 6.07) is 9.80. The van der Waals surface area contributed by atoms with Crippen LogP contribution in [0.15, 0.2) is 30.3 Å². The Morgan fingerprint density at radius 2 is 1.93 bits per heavy atom. The van der Waals surface area contributed by atoms with E-state index in [2.05, 4.69) is 0 Å². The molecule has 0 saturated heterocycles. The van der Waals surface area contributed by atoms with E-state index in [4.69, 9.17) is 5.73 Å². The van der Waals surface area contributed by atoms with E-state index in [1.807, 2.05) is 30.3 Å². The van der Waals surface area contributed by atoms with Crippen molar-refractivity contribution in [1.29, 1.82) is 0 Å². The Morgan fingerprint density at radius 3 is 2.43 bits per heavy atom. The first-order valence-corrected chi connectivity index (χ1v) is 5.07. The third-order valence-corrected chi connectivity index (χ3v) is 3.01. The zero-order valence-electron chi connectivity index (χ0n) is 8.20. The van der Waals surface area contributed by atoms with Crippen LogP contribution < -0.4 is 5.73 Å². The van der Waals surface area contributed by atoms with Crippen LogP contribution in [0.5, 0.6) is 0 Å². The summed E-state index contributed by atoms with van der Waals surface area (Å²) in [6.07, 6.45) is 3.30. The molecule has 2 rings (SSSR count). The van der Waals surface area contributed by atoms with Crippen molar-refractivity contribution in [3.8, 4) is 0 Å². The van der Waals surface area contributed by atoms with E-state index in [1.54, 1.807) is 0 Å². The molecule has 0 radical (unpaired) electrons. The van der Waals surface area contributed by atoms with E-state index >= 15 is 0 Å². The van der Waals surface area contributed by atoms with E-state index < -0.39 is 5.54 Å². The van der Waals surface area contributed by atoms with E-state index in [-0.39, 0.29) is 5.78 Å². The number of hydrogen-bond donors (Lipinski definition) is 1. The average molecular weight is 189 g/mol. The summed E-state index contributed by atoms with van der Waals surface area (Å²) in [4.78, 5) is 11.8. The second-order valence-corrected chi connectivity index (χ2v) is 4.10. The highest BCUT2D eigenvalue weighted by molar-refractivity contribution is 5.90. The van der Waals surface area contributed by atoms with Gasteiger partial charge in [0.05, 0.1) is 5.54 Å². The minimum Gasteiger partial charge on any atom is -0.319 e. The highest BCUT2D eigenvalue weighted by Crippen LogP contribution is 2.30. The van der Waals surface area contributed by atoms with Crippen LogP contribution in [0.2, 0.25) is 0 Å². The fourth-order valence-corrected chi connectivity index (χ4v) is 1.79. The van der Waals surface area contributed by atoms with Crippen molar-refractivity contribution in [2.75, 3.05) is 0 Å². The predicted octanol–water partition coefficient (Wildman–Crippen LogP) is 1.68. The van der Waals surface area contributed by atoms with Crippen molar-refractivity contribution >= 4 is 5.78 Å². The topological polar surface area (TPSA) is 43.1 Å². The molecule has 1 saturated carbocycles. The van der Waals surface area contributed by atoms with Gasteiger partial charge in [-0.25, -0.2) is 0 Å². The normalized spacial score (nSPS) is 18.6. The average Bonchev–Trinajstić information content (AvgIpc) is 2.15. The largest absolute Gasteiger partial charge is 0.319 e. The maximum Gasteiger partial charge on any atom is 0.156 e. The van der Waals surface area contributed by atoms with Gasteiger partial charge >= 0.3 is 0 Å². The molecule has 1 aliphatic carbocycles. The van der Waals surface area contributed by atoms with Gasteiger partial charge in [-0.2, -0.15) is 0 Å². The summed E-state index contributed by atoms with van der Waals surface area (Å²) in [5.74, 6) is 0.190. The number of nitrogens with two attached hydrogens (primary N) is 1. The van der Waals surface area contributed by atoms with E-state index in [9.17, 15) is 4.79 Å². The van der Waals surface area contributed by atoms with Crippen LogP contribution in [0.3, 0.4) is 0 Å². The summed E-state index contributed by atoms with van der Waals surface area (Å²) in [7, 11) is 0. The zero-order chi connectivity index (χ0) is 10.0. The fraction of sp³-hybridized carbons (Fsp3) is 0.417. The van der Waals surface area contributed by atoms with Gasteiger partial charge in [-0.1, -0.05) is 30.3 Å². The van der Waals surface area contributed by atoms with Crippen molar-refractivity contribution in [2.24, 2.45) is 5.73 Å².